The van der Waals surface area contributed by atoms with Gasteiger partial charge in [0, 0.05) is 12.8 Å². The monoisotopic (exact) mass is 946 g/mol. The first-order valence-corrected chi connectivity index (χ1v) is 30.5. The Labute approximate surface area is 419 Å². The molecule has 0 rings (SSSR count). The molecular weight excluding hydrogens is 827 g/mol. The second-order valence-electron chi connectivity index (χ2n) is 21.0. The van der Waals surface area contributed by atoms with Crippen LogP contribution >= 0.6 is 0 Å². The van der Waals surface area contributed by atoms with E-state index in [0.29, 0.717) is 19.4 Å². The number of aliphatic hydroxyl groups is 2. The number of allylic oxidation sites excluding steroid dienone is 1. The number of carbonyl (C=O) groups is 2. The van der Waals surface area contributed by atoms with Gasteiger partial charge < -0.3 is 20.3 Å². The molecule has 2 unspecified atom stereocenters. The van der Waals surface area contributed by atoms with E-state index in [2.05, 4.69) is 19.2 Å². The fourth-order valence-corrected chi connectivity index (χ4v) is 9.64. The number of esters is 1. The van der Waals surface area contributed by atoms with Crippen LogP contribution in [0.25, 0.3) is 0 Å². The standard InChI is InChI=1S/C61H119NO5/c1-3-5-7-9-11-13-15-16-30-34-37-41-45-49-53-59(64)58(57-63)62-60(65)54-50-46-42-38-35-31-28-26-24-22-20-18-17-19-21-23-25-27-29-32-36-40-44-48-52-56-67-61(66)55-51-47-43-39-33-14-12-10-8-6-4-2/h49,53,58-59,63-64H,3-48,50-52,54-57H2,1-2H3,(H,62,65)/b53-49+. The second-order valence-corrected chi connectivity index (χ2v) is 21.0. The van der Waals surface area contributed by atoms with Gasteiger partial charge >= 0.3 is 5.97 Å². The number of nitrogens with one attached hydrogen (secondary N) is 1. The zero-order valence-electron chi connectivity index (χ0n) is 45.4. The molecule has 0 aliphatic heterocycles. The molecule has 0 radical (unpaired) electrons. The lowest BCUT2D eigenvalue weighted by atomic mass is 10.0. The molecule has 67 heavy (non-hydrogen) atoms. The Morgan fingerprint density at radius 2 is 0.687 bits per heavy atom. The maximum atomic E-state index is 12.5. The maximum Gasteiger partial charge on any atom is 0.305 e. The van der Waals surface area contributed by atoms with E-state index in [-0.39, 0.29) is 18.5 Å². The van der Waals surface area contributed by atoms with E-state index < -0.39 is 12.1 Å². The van der Waals surface area contributed by atoms with Crippen molar-refractivity contribution in [3.8, 4) is 0 Å². The van der Waals surface area contributed by atoms with Crippen LogP contribution in [0.1, 0.15) is 341 Å². The lowest BCUT2D eigenvalue weighted by Crippen LogP contribution is -2.45. The van der Waals surface area contributed by atoms with Crippen molar-refractivity contribution in [3.05, 3.63) is 12.2 Å². The van der Waals surface area contributed by atoms with Crippen molar-refractivity contribution in [3.63, 3.8) is 0 Å². The summed E-state index contributed by atoms with van der Waals surface area (Å²) in [6.07, 6.45) is 68.2. The Morgan fingerprint density at radius 3 is 1.01 bits per heavy atom. The molecule has 0 saturated carbocycles. The van der Waals surface area contributed by atoms with Crippen LogP contribution in [-0.4, -0.2) is 47.4 Å². The summed E-state index contributed by atoms with van der Waals surface area (Å²) in [6, 6.07) is -0.625. The largest absolute Gasteiger partial charge is 0.466 e. The van der Waals surface area contributed by atoms with Crippen LogP contribution in [0.5, 0.6) is 0 Å². The Balaban J connectivity index is 3.37. The van der Waals surface area contributed by atoms with Gasteiger partial charge in [-0.15, -0.1) is 0 Å². The summed E-state index contributed by atoms with van der Waals surface area (Å²) in [5.74, 6) is -0.0484. The van der Waals surface area contributed by atoms with Crippen molar-refractivity contribution in [2.24, 2.45) is 0 Å². The summed E-state index contributed by atoms with van der Waals surface area (Å²) in [6.45, 7) is 4.92. The first-order valence-electron chi connectivity index (χ1n) is 30.5. The van der Waals surface area contributed by atoms with E-state index in [4.69, 9.17) is 4.74 Å². The molecule has 6 nitrogen and oxygen atoms in total. The van der Waals surface area contributed by atoms with Gasteiger partial charge in [-0.25, -0.2) is 0 Å². The van der Waals surface area contributed by atoms with Crippen molar-refractivity contribution >= 4 is 11.9 Å². The van der Waals surface area contributed by atoms with E-state index in [1.54, 1.807) is 6.08 Å². The third-order valence-corrected chi connectivity index (χ3v) is 14.3. The van der Waals surface area contributed by atoms with Crippen LogP contribution in [0.3, 0.4) is 0 Å². The van der Waals surface area contributed by atoms with Crippen LogP contribution in [0, 0.1) is 0 Å². The van der Waals surface area contributed by atoms with Gasteiger partial charge in [0.2, 0.25) is 5.91 Å². The van der Waals surface area contributed by atoms with Gasteiger partial charge in [-0.2, -0.15) is 0 Å². The van der Waals surface area contributed by atoms with Gasteiger partial charge in [-0.05, 0) is 32.1 Å². The van der Waals surface area contributed by atoms with Crippen LogP contribution in [0.15, 0.2) is 12.2 Å². The summed E-state index contributed by atoms with van der Waals surface area (Å²) < 4.78 is 5.47. The molecule has 0 aromatic heterocycles. The average molecular weight is 947 g/mol. The number of amides is 1. The first kappa shape index (κ1) is 65.6. The van der Waals surface area contributed by atoms with E-state index in [0.717, 1.165) is 38.5 Å². The topological polar surface area (TPSA) is 95.9 Å². The van der Waals surface area contributed by atoms with Crippen LogP contribution in [0.2, 0.25) is 0 Å². The highest BCUT2D eigenvalue weighted by Crippen LogP contribution is 2.18. The summed E-state index contributed by atoms with van der Waals surface area (Å²) in [5.41, 5.74) is 0. The van der Waals surface area contributed by atoms with Crippen LogP contribution < -0.4 is 5.32 Å². The molecule has 0 spiro atoms. The van der Waals surface area contributed by atoms with Crippen molar-refractivity contribution in [1.82, 2.24) is 5.32 Å². The van der Waals surface area contributed by atoms with Gasteiger partial charge in [0.1, 0.15) is 0 Å². The van der Waals surface area contributed by atoms with Crippen molar-refractivity contribution in [1.29, 1.82) is 0 Å². The van der Waals surface area contributed by atoms with Gasteiger partial charge in [0.15, 0.2) is 0 Å². The molecule has 0 aliphatic carbocycles. The van der Waals surface area contributed by atoms with Crippen molar-refractivity contribution < 1.29 is 24.5 Å². The molecule has 0 aliphatic rings. The number of hydrogen-bond acceptors (Lipinski definition) is 5. The third-order valence-electron chi connectivity index (χ3n) is 14.3. The first-order chi connectivity index (χ1) is 33.0. The molecule has 0 heterocycles. The molecule has 3 N–H and O–H groups in total. The highest BCUT2D eigenvalue weighted by molar-refractivity contribution is 5.76. The molecule has 1 amide bonds. The van der Waals surface area contributed by atoms with E-state index in [1.807, 2.05) is 6.08 Å². The zero-order valence-corrected chi connectivity index (χ0v) is 45.4. The minimum atomic E-state index is -0.841. The summed E-state index contributed by atoms with van der Waals surface area (Å²) in [5, 5.41) is 23.1. The zero-order chi connectivity index (χ0) is 48.6. The predicted molar refractivity (Wildman–Crippen MR) is 292 cm³/mol. The molecular formula is C61H119NO5. The summed E-state index contributed by atoms with van der Waals surface area (Å²) >= 11 is 0. The molecule has 0 aromatic rings. The van der Waals surface area contributed by atoms with Gasteiger partial charge in [-0.3, -0.25) is 9.59 Å². The summed E-state index contributed by atoms with van der Waals surface area (Å²) in [7, 11) is 0. The van der Waals surface area contributed by atoms with Gasteiger partial charge in [0.25, 0.3) is 0 Å². The predicted octanol–water partition coefficient (Wildman–Crippen LogP) is 18.9. The molecule has 0 bridgehead atoms. The molecule has 6 heteroatoms. The number of rotatable bonds is 57. The fraction of sp³-hybridized carbons (Fsp3) is 0.934. The smallest absolute Gasteiger partial charge is 0.305 e. The quantitative estimate of drug-likeness (QED) is 0.0321. The van der Waals surface area contributed by atoms with E-state index in [9.17, 15) is 19.8 Å². The lowest BCUT2D eigenvalue weighted by molar-refractivity contribution is -0.143. The number of hydrogen-bond donors (Lipinski definition) is 3. The van der Waals surface area contributed by atoms with E-state index >= 15 is 0 Å². The number of carbonyl (C=O) groups excluding carboxylic acids is 2. The second kappa shape index (κ2) is 57.2. The van der Waals surface area contributed by atoms with E-state index in [1.165, 1.54) is 276 Å². The molecule has 2 atom stereocenters. The Morgan fingerprint density at radius 1 is 0.403 bits per heavy atom. The Hall–Kier alpha value is -1.40. The molecule has 0 aromatic carbocycles. The normalized spacial score (nSPS) is 12.6. The average Bonchev–Trinajstić information content (AvgIpc) is 3.33. The number of unbranched alkanes of at least 4 members (excludes halogenated alkanes) is 46. The number of aliphatic hydroxyl groups excluding tert-OH is 2. The minimum Gasteiger partial charge on any atom is -0.466 e. The SMILES string of the molecule is CCCCCCCCCCCCCC/C=C/C(O)C(CO)NC(=O)CCCCCCCCCCCCCCCCCCCCCCCCCCCOC(=O)CCCCCCCCCCCCC. The Kier molecular flexibility index (Phi) is 56.0. The van der Waals surface area contributed by atoms with Crippen molar-refractivity contribution in [2.75, 3.05) is 13.2 Å². The molecule has 0 fully saturated rings. The Bertz CT molecular complexity index is 1000. The van der Waals surface area contributed by atoms with Crippen molar-refractivity contribution in [2.45, 2.75) is 353 Å². The highest BCUT2D eigenvalue weighted by atomic mass is 16.5. The number of ether oxygens (including phenoxy) is 1. The lowest BCUT2D eigenvalue weighted by Gasteiger charge is -2.20. The fourth-order valence-electron chi connectivity index (χ4n) is 9.64. The summed E-state index contributed by atoms with van der Waals surface area (Å²) in [4.78, 5) is 24.4. The van der Waals surface area contributed by atoms with Crippen LogP contribution in [-0.2, 0) is 14.3 Å². The highest BCUT2D eigenvalue weighted by Gasteiger charge is 2.18. The minimum absolute atomic E-state index is 0.0161. The maximum absolute atomic E-state index is 12.5. The third kappa shape index (κ3) is 53.8. The molecule has 0 saturated heterocycles. The van der Waals surface area contributed by atoms with Crippen LogP contribution in [0.4, 0.5) is 0 Å². The molecule has 398 valence electrons. The van der Waals surface area contributed by atoms with Gasteiger partial charge in [0.05, 0.1) is 25.4 Å². The van der Waals surface area contributed by atoms with Gasteiger partial charge in [-0.1, -0.05) is 309 Å².